The quantitative estimate of drug-likeness (QED) is 0.933. The van der Waals surface area contributed by atoms with Gasteiger partial charge in [0.05, 0.1) is 5.69 Å². The van der Waals surface area contributed by atoms with Gasteiger partial charge in [-0.1, -0.05) is 6.07 Å². The van der Waals surface area contributed by atoms with E-state index in [4.69, 9.17) is 10.2 Å². The topological polar surface area (TPSA) is 52.0 Å². The highest BCUT2D eigenvalue weighted by Gasteiger charge is 2.09. The summed E-state index contributed by atoms with van der Waals surface area (Å²) >= 11 is 5.02. The second-order valence-electron chi connectivity index (χ2n) is 3.84. The maximum absolute atomic E-state index is 5.83. The van der Waals surface area contributed by atoms with Crippen LogP contribution < -0.4 is 5.73 Å². The predicted molar refractivity (Wildman–Crippen MR) is 72.1 cm³/mol. The zero-order chi connectivity index (χ0) is 12.4. The molecular formula is C12H13BrN2OS. The van der Waals surface area contributed by atoms with Gasteiger partial charge in [0.1, 0.15) is 6.26 Å². The SMILES string of the molecule is Cc1coc(Sc2ccc([C@@H](C)N)cc2Br)n1. The molecule has 0 unspecified atom stereocenters. The molecule has 2 aromatic rings. The Morgan fingerprint density at radius 1 is 1.47 bits per heavy atom. The van der Waals surface area contributed by atoms with Gasteiger partial charge in [0.2, 0.25) is 0 Å². The number of oxazole rings is 1. The minimum absolute atomic E-state index is 0.0364. The van der Waals surface area contributed by atoms with Crippen molar-refractivity contribution in [3.63, 3.8) is 0 Å². The van der Waals surface area contributed by atoms with Crippen LogP contribution in [0.3, 0.4) is 0 Å². The van der Waals surface area contributed by atoms with E-state index >= 15 is 0 Å². The van der Waals surface area contributed by atoms with Crippen molar-refractivity contribution < 1.29 is 4.42 Å². The molecule has 5 heteroatoms. The first kappa shape index (κ1) is 12.7. The van der Waals surface area contributed by atoms with E-state index in [9.17, 15) is 0 Å². The van der Waals surface area contributed by atoms with Crippen LogP contribution in [0.4, 0.5) is 0 Å². The van der Waals surface area contributed by atoms with Crippen molar-refractivity contribution in [2.75, 3.05) is 0 Å². The fraction of sp³-hybridized carbons (Fsp3) is 0.250. The third-order valence-corrected chi connectivity index (χ3v) is 4.13. The largest absolute Gasteiger partial charge is 0.439 e. The molecule has 0 aliphatic rings. The monoisotopic (exact) mass is 312 g/mol. The Bertz CT molecular complexity index is 525. The Morgan fingerprint density at radius 2 is 2.24 bits per heavy atom. The first-order valence-electron chi connectivity index (χ1n) is 5.21. The number of benzene rings is 1. The molecule has 1 atom stereocenters. The summed E-state index contributed by atoms with van der Waals surface area (Å²) in [5.74, 6) is 0. The van der Waals surface area contributed by atoms with E-state index in [2.05, 4.69) is 20.9 Å². The molecule has 90 valence electrons. The summed E-state index contributed by atoms with van der Waals surface area (Å²) in [7, 11) is 0. The van der Waals surface area contributed by atoms with Crippen LogP contribution in [-0.2, 0) is 0 Å². The third-order valence-electron chi connectivity index (χ3n) is 2.28. The van der Waals surface area contributed by atoms with Gasteiger partial charge in [0.15, 0.2) is 0 Å². The minimum atomic E-state index is 0.0364. The van der Waals surface area contributed by atoms with Crippen LogP contribution in [0.1, 0.15) is 24.2 Å². The van der Waals surface area contributed by atoms with E-state index in [-0.39, 0.29) is 6.04 Å². The van der Waals surface area contributed by atoms with E-state index < -0.39 is 0 Å². The summed E-state index contributed by atoms with van der Waals surface area (Å²) in [6.45, 7) is 3.87. The van der Waals surface area contributed by atoms with Crippen LogP contribution in [0.25, 0.3) is 0 Å². The number of rotatable bonds is 3. The normalized spacial score (nSPS) is 12.7. The molecule has 0 fully saturated rings. The summed E-state index contributed by atoms with van der Waals surface area (Å²) in [6, 6.07) is 6.11. The maximum atomic E-state index is 5.83. The van der Waals surface area contributed by atoms with E-state index in [0.29, 0.717) is 5.22 Å². The van der Waals surface area contributed by atoms with Gasteiger partial charge < -0.3 is 10.2 Å². The third kappa shape index (κ3) is 3.12. The zero-order valence-corrected chi connectivity index (χ0v) is 12.0. The van der Waals surface area contributed by atoms with Crippen LogP contribution in [0.5, 0.6) is 0 Å². The molecule has 0 amide bonds. The van der Waals surface area contributed by atoms with Crippen molar-refractivity contribution in [1.29, 1.82) is 0 Å². The van der Waals surface area contributed by atoms with E-state index in [1.165, 1.54) is 11.8 Å². The number of hydrogen-bond acceptors (Lipinski definition) is 4. The molecule has 3 nitrogen and oxygen atoms in total. The number of halogens is 1. The van der Waals surface area contributed by atoms with Gasteiger partial charge in [-0.3, -0.25) is 0 Å². The predicted octanol–water partition coefficient (Wildman–Crippen LogP) is 3.92. The van der Waals surface area contributed by atoms with Gasteiger partial charge in [-0.2, -0.15) is 0 Å². The van der Waals surface area contributed by atoms with Crippen molar-refractivity contribution in [2.45, 2.75) is 30.0 Å². The zero-order valence-electron chi connectivity index (χ0n) is 9.61. The van der Waals surface area contributed by atoms with Gasteiger partial charge in [-0.25, -0.2) is 4.98 Å². The highest BCUT2D eigenvalue weighted by atomic mass is 79.9. The maximum Gasteiger partial charge on any atom is 0.260 e. The van der Waals surface area contributed by atoms with Crippen LogP contribution in [0, 0.1) is 6.92 Å². The molecule has 0 aliphatic carbocycles. The average Bonchev–Trinajstić information content (AvgIpc) is 2.67. The molecular weight excluding hydrogens is 300 g/mol. The van der Waals surface area contributed by atoms with Crippen molar-refractivity contribution in [3.8, 4) is 0 Å². The summed E-state index contributed by atoms with van der Waals surface area (Å²) in [5, 5.41) is 0.650. The molecule has 2 rings (SSSR count). The lowest BCUT2D eigenvalue weighted by molar-refractivity contribution is 0.454. The molecule has 2 N–H and O–H groups in total. The standard InChI is InChI=1S/C12H13BrN2OS/c1-7-6-16-12(15-7)17-11-4-3-9(8(2)14)5-10(11)13/h3-6,8H,14H2,1-2H3/t8-/m1/s1. The van der Waals surface area contributed by atoms with Crippen molar-refractivity contribution >= 4 is 27.7 Å². The van der Waals surface area contributed by atoms with E-state index in [0.717, 1.165) is 20.6 Å². The van der Waals surface area contributed by atoms with Gasteiger partial charge in [0, 0.05) is 15.4 Å². The second kappa shape index (κ2) is 5.25. The summed E-state index contributed by atoms with van der Waals surface area (Å²) in [5.41, 5.74) is 7.82. The highest BCUT2D eigenvalue weighted by Crippen LogP contribution is 2.34. The molecule has 1 aromatic carbocycles. The van der Waals surface area contributed by atoms with Crippen LogP contribution in [0.2, 0.25) is 0 Å². The van der Waals surface area contributed by atoms with Crippen LogP contribution in [-0.4, -0.2) is 4.98 Å². The lowest BCUT2D eigenvalue weighted by Crippen LogP contribution is -2.04. The summed E-state index contributed by atoms with van der Waals surface area (Å²) in [4.78, 5) is 5.32. The second-order valence-corrected chi connectivity index (χ2v) is 5.68. The lowest BCUT2D eigenvalue weighted by Gasteiger charge is -2.08. The van der Waals surface area contributed by atoms with Crippen LogP contribution >= 0.6 is 27.7 Å². The van der Waals surface area contributed by atoms with E-state index in [1.54, 1.807) is 6.26 Å². The molecule has 0 saturated heterocycles. The number of aromatic nitrogens is 1. The molecule has 1 aromatic heterocycles. The van der Waals surface area contributed by atoms with E-state index in [1.807, 2.05) is 32.0 Å². The Hall–Kier alpha value is -0.780. The Morgan fingerprint density at radius 3 is 2.76 bits per heavy atom. The number of nitrogens with zero attached hydrogens (tertiary/aromatic N) is 1. The molecule has 1 heterocycles. The van der Waals surface area contributed by atoms with Gasteiger partial charge in [-0.05, 0) is 59.2 Å². The number of aryl methyl sites for hydroxylation is 1. The number of hydrogen-bond donors (Lipinski definition) is 1. The Balaban J connectivity index is 2.22. The first-order valence-corrected chi connectivity index (χ1v) is 6.82. The molecule has 0 spiro atoms. The van der Waals surface area contributed by atoms with Crippen molar-refractivity contribution in [2.24, 2.45) is 5.73 Å². The Kier molecular flexibility index (Phi) is 3.91. The smallest absolute Gasteiger partial charge is 0.260 e. The highest BCUT2D eigenvalue weighted by molar-refractivity contribution is 9.10. The number of nitrogens with two attached hydrogens (primary N) is 1. The lowest BCUT2D eigenvalue weighted by atomic mass is 10.1. The molecule has 0 saturated carbocycles. The minimum Gasteiger partial charge on any atom is -0.439 e. The Labute approximate surface area is 113 Å². The van der Waals surface area contributed by atoms with Crippen molar-refractivity contribution in [3.05, 3.63) is 40.2 Å². The van der Waals surface area contributed by atoms with Crippen molar-refractivity contribution in [1.82, 2.24) is 4.98 Å². The summed E-state index contributed by atoms with van der Waals surface area (Å²) in [6.07, 6.45) is 1.65. The molecule has 0 aliphatic heterocycles. The average molecular weight is 313 g/mol. The molecule has 0 radical (unpaired) electrons. The van der Waals surface area contributed by atoms with Gasteiger partial charge >= 0.3 is 0 Å². The summed E-state index contributed by atoms with van der Waals surface area (Å²) < 4.78 is 6.31. The van der Waals surface area contributed by atoms with Gasteiger partial charge in [-0.15, -0.1) is 0 Å². The fourth-order valence-electron chi connectivity index (χ4n) is 1.36. The van der Waals surface area contributed by atoms with Gasteiger partial charge in [0.25, 0.3) is 5.22 Å². The first-order chi connectivity index (χ1) is 8.06. The fourth-order valence-corrected chi connectivity index (χ4v) is 2.76. The molecule has 17 heavy (non-hydrogen) atoms. The van der Waals surface area contributed by atoms with Crippen LogP contribution in [0.15, 0.2) is 43.5 Å². The molecule has 0 bridgehead atoms.